The second-order valence-electron chi connectivity index (χ2n) is 4.37. The number of carbonyl (C=O) groups is 1. The highest BCUT2D eigenvalue weighted by Gasteiger charge is 2.07. The Labute approximate surface area is 117 Å². The number of hydrogen-bond donors (Lipinski definition) is 3. The molecule has 104 valence electrons. The van der Waals surface area contributed by atoms with Crippen LogP contribution in [0.5, 0.6) is 0 Å². The number of rotatable bonds is 5. The molecule has 0 unspecified atom stereocenters. The van der Waals surface area contributed by atoms with Crippen LogP contribution in [0.1, 0.15) is 15.9 Å². The van der Waals surface area contributed by atoms with Gasteiger partial charge in [0.1, 0.15) is 0 Å². The molecule has 5 nitrogen and oxygen atoms in total. The zero-order valence-corrected chi connectivity index (χ0v) is 11.1. The summed E-state index contributed by atoms with van der Waals surface area (Å²) in [6, 6.07) is 12.2. The normalized spacial score (nSPS) is 10.2. The Morgan fingerprint density at radius 1 is 1.30 bits per heavy atom. The van der Waals surface area contributed by atoms with E-state index in [2.05, 4.69) is 5.32 Å². The van der Waals surface area contributed by atoms with Gasteiger partial charge in [0.15, 0.2) is 0 Å². The molecule has 0 saturated carbocycles. The molecule has 0 heterocycles. The smallest absolute Gasteiger partial charge is 0.335 e. The van der Waals surface area contributed by atoms with Crippen LogP contribution in [0.3, 0.4) is 0 Å². The predicted octanol–water partition coefficient (Wildman–Crippen LogP) is 2.86. The van der Waals surface area contributed by atoms with Crippen molar-refractivity contribution in [1.82, 2.24) is 0 Å². The fourth-order valence-electron chi connectivity index (χ4n) is 1.86. The van der Waals surface area contributed by atoms with Crippen molar-refractivity contribution in [2.24, 2.45) is 0 Å². The molecule has 2 aromatic carbocycles. The molecule has 0 aliphatic rings. The zero-order chi connectivity index (χ0) is 14.5. The molecule has 0 atom stereocenters. The summed E-state index contributed by atoms with van der Waals surface area (Å²) in [5, 5.41) is 12.1. The maximum Gasteiger partial charge on any atom is 0.335 e. The number of carboxylic acids is 1. The summed E-state index contributed by atoms with van der Waals surface area (Å²) in [5.41, 5.74) is 8.95. The minimum Gasteiger partial charge on any atom is -0.478 e. The summed E-state index contributed by atoms with van der Waals surface area (Å²) in [4.78, 5) is 11.0. The zero-order valence-electron chi connectivity index (χ0n) is 11.1. The van der Waals surface area contributed by atoms with Gasteiger partial charge in [0.25, 0.3) is 0 Å². The standard InChI is InChI=1S/C15H16N2O3/c1-20-9-10-3-2-4-12(7-10)17-14-8-11(15(18)19)5-6-13(14)16/h2-8,17H,9,16H2,1H3,(H,18,19). The Hall–Kier alpha value is -2.53. The summed E-state index contributed by atoms with van der Waals surface area (Å²) in [6.45, 7) is 0.514. The van der Waals surface area contributed by atoms with Crippen molar-refractivity contribution in [3.63, 3.8) is 0 Å². The highest BCUT2D eigenvalue weighted by molar-refractivity contribution is 5.91. The number of nitrogen functional groups attached to an aromatic ring is 1. The van der Waals surface area contributed by atoms with Gasteiger partial charge in [-0.05, 0) is 35.9 Å². The first-order valence-corrected chi connectivity index (χ1v) is 6.08. The summed E-state index contributed by atoms with van der Waals surface area (Å²) in [7, 11) is 1.63. The van der Waals surface area contributed by atoms with E-state index in [9.17, 15) is 4.79 Å². The molecule has 0 spiro atoms. The Bertz CT molecular complexity index is 626. The van der Waals surface area contributed by atoms with Gasteiger partial charge in [-0.2, -0.15) is 0 Å². The molecule has 20 heavy (non-hydrogen) atoms. The van der Waals surface area contributed by atoms with Crippen molar-refractivity contribution >= 4 is 23.0 Å². The van der Waals surface area contributed by atoms with Gasteiger partial charge in [-0.3, -0.25) is 0 Å². The van der Waals surface area contributed by atoms with E-state index in [1.54, 1.807) is 13.2 Å². The SMILES string of the molecule is COCc1cccc(Nc2cc(C(=O)O)ccc2N)c1. The number of benzene rings is 2. The maximum absolute atomic E-state index is 11.0. The second-order valence-corrected chi connectivity index (χ2v) is 4.37. The molecular formula is C15H16N2O3. The van der Waals surface area contributed by atoms with E-state index in [0.29, 0.717) is 18.0 Å². The summed E-state index contributed by atoms with van der Waals surface area (Å²) < 4.78 is 5.08. The predicted molar refractivity (Wildman–Crippen MR) is 78.3 cm³/mol. The molecule has 4 N–H and O–H groups in total. The van der Waals surface area contributed by atoms with Crippen LogP contribution in [0.15, 0.2) is 42.5 Å². The number of hydrogen-bond acceptors (Lipinski definition) is 4. The van der Waals surface area contributed by atoms with Crippen LogP contribution in [0.25, 0.3) is 0 Å². The molecule has 0 fully saturated rings. The van der Waals surface area contributed by atoms with Gasteiger partial charge in [-0.25, -0.2) is 4.79 Å². The van der Waals surface area contributed by atoms with Crippen LogP contribution in [0.2, 0.25) is 0 Å². The lowest BCUT2D eigenvalue weighted by Gasteiger charge is -2.11. The van der Waals surface area contributed by atoms with Crippen LogP contribution in [-0.2, 0) is 11.3 Å². The van der Waals surface area contributed by atoms with Crippen LogP contribution in [0.4, 0.5) is 17.1 Å². The van der Waals surface area contributed by atoms with Crippen molar-refractivity contribution in [2.75, 3.05) is 18.2 Å². The van der Waals surface area contributed by atoms with E-state index in [-0.39, 0.29) is 5.56 Å². The lowest BCUT2D eigenvalue weighted by molar-refractivity contribution is 0.0697. The highest BCUT2D eigenvalue weighted by atomic mass is 16.5. The number of ether oxygens (including phenoxy) is 1. The first kappa shape index (κ1) is 13.9. The van der Waals surface area contributed by atoms with Crippen molar-refractivity contribution in [3.8, 4) is 0 Å². The molecule has 0 amide bonds. The minimum absolute atomic E-state index is 0.190. The third-order valence-electron chi connectivity index (χ3n) is 2.82. The van der Waals surface area contributed by atoms with Gasteiger partial charge < -0.3 is 20.9 Å². The largest absolute Gasteiger partial charge is 0.478 e. The number of anilines is 3. The Balaban J connectivity index is 2.27. The number of nitrogens with one attached hydrogen (secondary N) is 1. The fraction of sp³-hybridized carbons (Fsp3) is 0.133. The van der Waals surface area contributed by atoms with Gasteiger partial charge in [0.2, 0.25) is 0 Å². The van der Waals surface area contributed by atoms with Crippen LogP contribution in [-0.4, -0.2) is 18.2 Å². The first-order chi connectivity index (χ1) is 9.60. The first-order valence-electron chi connectivity index (χ1n) is 6.08. The number of nitrogens with two attached hydrogens (primary N) is 1. The fourth-order valence-corrected chi connectivity index (χ4v) is 1.86. The minimum atomic E-state index is -0.985. The third-order valence-corrected chi connectivity index (χ3v) is 2.82. The average Bonchev–Trinajstić information content (AvgIpc) is 2.42. The van der Waals surface area contributed by atoms with Gasteiger partial charge in [0.05, 0.1) is 23.5 Å². The highest BCUT2D eigenvalue weighted by Crippen LogP contribution is 2.25. The molecule has 5 heteroatoms. The monoisotopic (exact) mass is 272 g/mol. The second kappa shape index (κ2) is 6.08. The van der Waals surface area contributed by atoms with E-state index in [1.165, 1.54) is 12.1 Å². The number of carboxylic acid groups (broad SMARTS) is 1. The topological polar surface area (TPSA) is 84.6 Å². The Kier molecular flexibility index (Phi) is 4.22. The Morgan fingerprint density at radius 3 is 2.80 bits per heavy atom. The molecule has 0 aromatic heterocycles. The van der Waals surface area contributed by atoms with Crippen molar-refractivity contribution in [1.29, 1.82) is 0 Å². The molecule has 0 bridgehead atoms. The number of aromatic carboxylic acids is 1. The van der Waals surface area contributed by atoms with Crippen molar-refractivity contribution in [2.45, 2.75) is 6.61 Å². The summed E-state index contributed by atoms with van der Waals surface area (Å²) in [5.74, 6) is -0.985. The number of methoxy groups -OCH3 is 1. The maximum atomic E-state index is 11.0. The van der Waals surface area contributed by atoms with Crippen molar-refractivity contribution < 1.29 is 14.6 Å². The molecule has 0 aliphatic carbocycles. The average molecular weight is 272 g/mol. The summed E-state index contributed by atoms with van der Waals surface area (Å²) >= 11 is 0. The van der Waals surface area contributed by atoms with E-state index in [4.69, 9.17) is 15.6 Å². The third kappa shape index (κ3) is 3.27. The van der Waals surface area contributed by atoms with E-state index in [0.717, 1.165) is 11.3 Å². The van der Waals surface area contributed by atoms with E-state index in [1.807, 2.05) is 24.3 Å². The Morgan fingerprint density at radius 2 is 2.10 bits per heavy atom. The van der Waals surface area contributed by atoms with Crippen molar-refractivity contribution in [3.05, 3.63) is 53.6 Å². The molecule has 2 rings (SSSR count). The van der Waals surface area contributed by atoms with Crippen LogP contribution >= 0.6 is 0 Å². The molecular weight excluding hydrogens is 256 g/mol. The van der Waals surface area contributed by atoms with Gasteiger partial charge in [0, 0.05) is 12.8 Å². The van der Waals surface area contributed by atoms with Gasteiger partial charge in [-0.15, -0.1) is 0 Å². The van der Waals surface area contributed by atoms with E-state index >= 15 is 0 Å². The van der Waals surface area contributed by atoms with Gasteiger partial charge in [-0.1, -0.05) is 12.1 Å². The van der Waals surface area contributed by atoms with Gasteiger partial charge >= 0.3 is 5.97 Å². The quantitative estimate of drug-likeness (QED) is 0.729. The molecule has 0 saturated heterocycles. The molecule has 2 aromatic rings. The lowest BCUT2D eigenvalue weighted by Crippen LogP contribution is -2.01. The van der Waals surface area contributed by atoms with Crippen LogP contribution in [0, 0.1) is 0 Å². The molecule has 0 radical (unpaired) electrons. The summed E-state index contributed by atoms with van der Waals surface area (Å²) in [6.07, 6.45) is 0. The lowest BCUT2D eigenvalue weighted by atomic mass is 10.1. The van der Waals surface area contributed by atoms with Crippen LogP contribution < -0.4 is 11.1 Å². The molecule has 0 aliphatic heterocycles. The van der Waals surface area contributed by atoms with E-state index < -0.39 is 5.97 Å².